The lowest BCUT2D eigenvalue weighted by Gasteiger charge is -2.17. The molecule has 3 atom stereocenters. The molecule has 0 aliphatic rings. The minimum absolute atomic E-state index is 0.0371. The number of aliphatic hydroxyl groups excluding tert-OH is 1. The third kappa shape index (κ3) is 5.60. The highest BCUT2D eigenvalue weighted by atomic mass is 32.2. The smallest absolute Gasteiger partial charge is 0.387 e. The van der Waals surface area contributed by atoms with Gasteiger partial charge in [-0.25, -0.2) is 0 Å². The van der Waals surface area contributed by atoms with Gasteiger partial charge >= 0.3 is 6.18 Å². The summed E-state index contributed by atoms with van der Waals surface area (Å²) in [5.74, 6) is 0.458. The van der Waals surface area contributed by atoms with E-state index in [1.54, 1.807) is 6.26 Å². The minimum Gasteiger partial charge on any atom is -0.387 e. The van der Waals surface area contributed by atoms with Crippen molar-refractivity contribution in [2.75, 3.05) is 18.6 Å². The predicted octanol–water partition coefficient (Wildman–Crippen LogP) is 2.10. The molecule has 0 heterocycles. The van der Waals surface area contributed by atoms with Crippen LogP contribution in [-0.2, 0) is 17.0 Å². The van der Waals surface area contributed by atoms with Gasteiger partial charge < -0.3 is 10.4 Å². The van der Waals surface area contributed by atoms with E-state index in [4.69, 9.17) is 0 Å². The molecule has 0 aromatic heterocycles. The van der Waals surface area contributed by atoms with Crippen molar-refractivity contribution in [3.8, 4) is 0 Å². The van der Waals surface area contributed by atoms with Crippen molar-refractivity contribution in [1.29, 1.82) is 0 Å². The van der Waals surface area contributed by atoms with Crippen LogP contribution >= 0.6 is 0 Å². The van der Waals surface area contributed by atoms with Gasteiger partial charge in [0.15, 0.2) is 0 Å². The van der Waals surface area contributed by atoms with Crippen LogP contribution in [0.4, 0.5) is 13.2 Å². The predicted molar refractivity (Wildman–Crippen MR) is 72.8 cm³/mol. The van der Waals surface area contributed by atoms with Gasteiger partial charge in [0.05, 0.1) is 11.7 Å². The summed E-state index contributed by atoms with van der Waals surface area (Å²) in [5, 5.41) is 12.9. The second-order valence-electron chi connectivity index (χ2n) is 4.68. The first kappa shape index (κ1) is 17.1. The second-order valence-corrected chi connectivity index (χ2v) is 6.16. The number of halogens is 3. The maximum atomic E-state index is 12.4. The normalized spacial score (nSPS) is 16.7. The molecular weight excluding hydrogens is 291 g/mol. The van der Waals surface area contributed by atoms with Gasteiger partial charge in [0, 0.05) is 35.4 Å². The Bertz CT molecular complexity index is 448. The maximum absolute atomic E-state index is 12.4. The maximum Gasteiger partial charge on any atom is 0.416 e. The minimum atomic E-state index is -4.37. The molecule has 0 saturated heterocycles. The summed E-state index contributed by atoms with van der Waals surface area (Å²) in [5.41, 5.74) is -0.327. The molecule has 3 unspecified atom stereocenters. The van der Waals surface area contributed by atoms with E-state index < -0.39 is 28.6 Å². The number of alkyl halides is 3. The van der Waals surface area contributed by atoms with Crippen LogP contribution in [-0.4, -0.2) is 33.9 Å². The Kier molecular flexibility index (Phi) is 6.16. The van der Waals surface area contributed by atoms with Crippen LogP contribution in [0.25, 0.3) is 0 Å². The standard InChI is InChI=1S/C13H18F3NO2S/c1-9(8-20(2)19)17-7-12(18)10-3-5-11(6-4-10)13(14,15)16/h3-6,9,12,17-18H,7-8H2,1-2H3. The summed E-state index contributed by atoms with van der Waals surface area (Å²) in [4.78, 5) is 0. The van der Waals surface area contributed by atoms with Crippen molar-refractivity contribution in [3.05, 3.63) is 35.4 Å². The summed E-state index contributed by atoms with van der Waals surface area (Å²) >= 11 is 0. The number of benzene rings is 1. The zero-order valence-electron chi connectivity index (χ0n) is 11.3. The molecule has 2 N–H and O–H groups in total. The molecule has 3 nitrogen and oxygen atoms in total. The summed E-state index contributed by atoms with van der Waals surface area (Å²) in [6, 6.07) is 4.38. The van der Waals surface area contributed by atoms with Crippen LogP contribution in [0, 0.1) is 0 Å². The molecule has 1 rings (SSSR count). The SMILES string of the molecule is CC(CS(C)=O)NCC(O)c1ccc(C(F)(F)F)cc1. The van der Waals surface area contributed by atoms with E-state index in [-0.39, 0.29) is 12.6 Å². The molecule has 1 aromatic carbocycles. The summed E-state index contributed by atoms with van der Waals surface area (Å²) < 4.78 is 48.2. The van der Waals surface area contributed by atoms with Crippen molar-refractivity contribution in [1.82, 2.24) is 5.32 Å². The largest absolute Gasteiger partial charge is 0.416 e. The van der Waals surface area contributed by atoms with Crippen LogP contribution in [0.3, 0.4) is 0 Å². The van der Waals surface area contributed by atoms with Crippen molar-refractivity contribution < 1.29 is 22.5 Å². The number of rotatable bonds is 6. The van der Waals surface area contributed by atoms with E-state index in [9.17, 15) is 22.5 Å². The van der Waals surface area contributed by atoms with E-state index >= 15 is 0 Å². The molecule has 0 fully saturated rings. The molecular formula is C13H18F3NO2S. The van der Waals surface area contributed by atoms with Gasteiger partial charge in [-0.15, -0.1) is 0 Å². The Labute approximate surface area is 118 Å². The molecule has 0 radical (unpaired) electrons. The number of hydrogen-bond donors (Lipinski definition) is 2. The van der Waals surface area contributed by atoms with E-state index in [2.05, 4.69) is 5.32 Å². The first-order chi connectivity index (χ1) is 9.20. The quantitative estimate of drug-likeness (QED) is 0.846. The van der Waals surface area contributed by atoms with Gasteiger partial charge in [0.2, 0.25) is 0 Å². The Morgan fingerprint density at radius 1 is 1.30 bits per heavy atom. The molecule has 7 heteroatoms. The van der Waals surface area contributed by atoms with Crippen LogP contribution in [0.15, 0.2) is 24.3 Å². The fourth-order valence-corrected chi connectivity index (χ4v) is 2.56. The lowest BCUT2D eigenvalue weighted by Crippen LogP contribution is -2.34. The van der Waals surface area contributed by atoms with Crippen LogP contribution in [0.5, 0.6) is 0 Å². The zero-order valence-corrected chi connectivity index (χ0v) is 12.1. The molecule has 0 saturated carbocycles. The number of nitrogens with one attached hydrogen (secondary N) is 1. The van der Waals surface area contributed by atoms with Crippen molar-refractivity contribution in [2.24, 2.45) is 0 Å². The molecule has 20 heavy (non-hydrogen) atoms. The Balaban J connectivity index is 2.56. The van der Waals surface area contributed by atoms with Gasteiger partial charge in [-0.3, -0.25) is 4.21 Å². The highest BCUT2D eigenvalue weighted by molar-refractivity contribution is 7.84. The highest BCUT2D eigenvalue weighted by Crippen LogP contribution is 2.29. The summed E-state index contributed by atoms with van der Waals surface area (Å²) in [7, 11) is -0.937. The summed E-state index contributed by atoms with van der Waals surface area (Å²) in [6.07, 6.45) is -3.68. The lowest BCUT2D eigenvalue weighted by molar-refractivity contribution is -0.137. The fourth-order valence-electron chi connectivity index (χ4n) is 1.74. The molecule has 114 valence electrons. The van der Waals surface area contributed by atoms with Gasteiger partial charge in [0.25, 0.3) is 0 Å². The first-order valence-corrected chi connectivity index (χ1v) is 7.81. The topological polar surface area (TPSA) is 49.3 Å². The third-order valence-corrected chi connectivity index (χ3v) is 3.74. The Morgan fingerprint density at radius 3 is 2.30 bits per heavy atom. The van der Waals surface area contributed by atoms with Crippen LogP contribution in [0.1, 0.15) is 24.2 Å². The Morgan fingerprint density at radius 2 is 1.85 bits per heavy atom. The van der Waals surface area contributed by atoms with Crippen LogP contribution in [0.2, 0.25) is 0 Å². The molecule has 0 spiro atoms. The van der Waals surface area contributed by atoms with Crippen LogP contribution < -0.4 is 5.32 Å². The lowest BCUT2D eigenvalue weighted by atomic mass is 10.1. The van der Waals surface area contributed by atoms with E-state index in [0.29, 0.717) is 11.3 Å². The fraction of sp³-hybridized carbons (Fsp3) is 0.538. The second kappa shape index (κ2) is 7.19. The number of hydrogen-bond acceptors (Lipinski definition) is 3. The van der Waals surface area contributed by atoms with Gasteiger partial charge in [-0.05, 0) is 24.6 Å². The highest BCUT2D eigenvalue weighted by Gasteiger charge is 2.30. The van der Waals surface area contributed by atoms with Gasteiger partial charge in [-0.1, -0.05) is 12.1 Å². The van der Waals surface area contributed by atoms with Gasteiger partial charge in [-0.2, -0.15) is 13.2 Å². The third-order valence-electron chi connectivity index (χ3n) is 2.77. The van der Waals surface area contributed by atoms with E-state index in [1.165, 1.54) is 12.1 Å². The number of aliphatic hydroxyl groups is 1. The summed E-state index contributed by atoms with van der Waals surface area (Å²) in [6.45, 7) is 2.03. The molecule has 0 amide bonds. The zero-order chi connectivity index (χ0) is 15.3. The molecule has 0 aliphatic heterocycles. The van der Waals surface area contributed by atoms with E-state index in [0.717, 1.165) is 12.1 Å². The van der Waals surface area contributed by atoms with Crippen molar-refractivity contribution >= 4 is 10.8 Å². The molecule has 0 aliphatic carbocycles. The first-order valence-electron chi connectivity index (χ1n) is 6.08. The Hall–Kier alpha value is -0.920. The van der Waals surface area contributed by atoms with Gasteiger partial charge in [0.1, 0.15) is 0 Å². The van der Waals surface area contributed by atoms with Crippen molar-refractivity contribution in [3.63, 3.8) is 0 Å². The molecule has 0 bridgehead atoms. The van der Waals surface area contributed by atoms with Crippen molar-refractivity contribution in [2.45, 2.75) is 25.2 Å². The average molecular weight is 309 g/mol. The molecule has 1 aromatic rings. The monoisotopic (exact) mass is 309 g/mol. The average Bonchev–Trinajstić information content (AvgIpc) is 2.34. The van der Waals surface area contributed by atoms with E-state index in [1.807, 2.05) is 6.92 Å².